The molecule has 1 aromatic rings. The molecule has 1 aliphatic heterocycles. The van der Waals surface area contributed by atoms with E-state index in [4.69, 9.17) is 9.84 Å². The third-order valence-corrected chi connectivity index (χ3v) is 2.62. The molecular formula is C11H12BrFO3. The van der Waals surface area contributed by atoms with Crippen molar-refractivity contribution in [3.63, 3.8) is 0 Å². The monoisotopic (exact) mass is 290 g/mol. The molecular weight excluding hydrogens is 279 g/mol. The molecule has 0 bridgehead atoms. The topological polar surface area (TPSA) is 46.5 Å². The Labute approximate surface area is 101 Å². The molecule has 5 heteroatoms. The normalized spacial score (nSPS) is 14.1. The van der Waals surface area contributed by atoms with Crippen LogP contribution in [0.5, 0.6) is 0 Å². The summed E-state index contributed by atoms with van der Waals surface area (Å²) in [6.07, 6.45) is 2.56. The van der Waals surface area contributed by atoms with E-state index in [0.29, 0.717) is 0 Å². The van der Waals surface area contributed by atoms with E-state index in [-0.39, 0.29) is 10.0 Å². The van der Waals surface area contributed by atoms with E-state index in [0.717, 1.165) is 13.2 Å². The molecule has 1 aromatic carbocycles. The zero-order chi connectivity index (χ0) is 12.0. The Morgan fingerprint density at radius 2 is 2.00 bits per heavy atom. The summed E-state index contributed by atoms with van der Waals surface area (Å²) >= 11 is 2.88. The number of halogens is 2. The second-order valence-electron chi connectivity index (χ2n) is 3.23. The van der Waals surface area contributed by atoms with E-state index < -0.39 is 11.8 Å². The Morgan fingerprint density at radius 1 is 1.38 bits per heavy atom. The smallest absolute Gasteiger partial charge is 0.338 e. The van der Waals surface area contributed by atoms with E-state index in [1.807, 2.05) is 0 Å². The van der Waals surface area contributed by atoms with Gasteiger partial charge in [0, 0.05) is 13.2 Å². The molecule has 1 fully saturated rings. The Bertz CT molecular complexity index is 357. The average Bonchev–Trinajstić information content (AvgIpc) is 2.80. The minimum absolute atomic E-state index is 0.164. The second-order valence-corrected chi connectivity index (χ2v) is 4.08. The van der Waals surface area contributed by atoms with Crippen LogP contribution in [0.2, 0.25) is 0 Å². The summed E-state index contributed by atoms with van der Waals surface area (Å²) in [6.45, 7) is 2.00. The van der Waals surface area contributed by atoms with Crippen molar-refractivity contribution in [2.45, 2.75) is 12.8 Å². The van der Waals surface area contributed by atoms with Crippen LogP contribution in [0.15, 0.2) is 22.7 Å². The van der Waals surface area contributed by atoms with Crippen molar-refractivity contribution in [1.82, 2.24) is 0 Å². The van der Waals surface area contributed by atoms with E-state index in [1.165, 1.54) is 31.0 Å². The fraction of sp³-hybridized carbons (Fsp3) is 0.364. The summed E-state index contributed by atoms with van der Waals surface area (Å²) in [5.74, 6) is -2.00. The SMILES string of the molecule is C1CCOC1.O=C(O)c1cccc(Br)c1F. The number of carboxylic acid groups (broad SMARTS) is 1. The second kappa shape index (κ2) is 6.60. The summed E-state index contributed by atoms with van der Waals surface area (Å²) in [5, 5.41) is 8.43. The van der Waals surface area contributed by atoms with Crippen LogP contribution in [0.1, 0.15) is 23.2 Å². The number of ether oxygens (including phenoxy) is 1. The molecule has 0 atom stereocenters. The van der Waals surface area contributed by atoms with Gasteiger partial charge in [-0.15, -0.1) is 0 Å². The zero-order valence-electron chi connectivity index (χ0n) is 8.58. The molecule has 1 heterocycles. The molecule has 1 saturated heterocycles. The van der Waals surface area contributed by atoms with E-state index >= 15 is 0 Å². The van der Waals surface area contributed by atoms with Gasteiger partial charge in [-0.3, -0.25) is 0 Å². The van der Waals surface area contributed by atoms with Gasteiger partial charge in [-0.25, -0.2) is 9.18 Å². The third-order valence-electron chi connectivity index (χ3n) is 2.01. The van der Waals surface area contributed by atoms with Gasteiger partial charge in [0.1, 0.15) is 0 Å². The van der Waals surface area contributed by atoms with Crippen LogP contribution in [0.25, 0.3) is 0 Å². The molecule has 0 radical (unpaired) electrons. The number of carboxylic acids is 1. The highest BCUT2D eigenvalue weighted by Crippen LogP contribution is 2.18. The Kier molecular flexibility index (Phi) is 5.42. The zero-order valence-corrected chi connectivity index (χ0v) is 10.2. The van der Waals surface area contributed by atoms with Gasteiger partial charge >= 0.3 is 5.97 Å². The molecule has 16 heavy (non-hydrogen) atoms. The predicted molar refractivity (Wildman–Crippen MR) is 61.1 cm³/mol. The highest BCUT2D eigenvalue weighted by molar-refractivity contribution is 9.10. The van der Waals surface area contributed by atoms with Crippen molar-refractivity contribution in [3.8, 4) is 0 Å². The van der Waals surface area contributed by atoms with Crippen molar-refractivity contribution in [1.29, 1.82) is 0 Å². The average molecular weight is 291 g/mol. The lowest BCUT2D eigenvalue weighted by Gasteiger charge is -1.97. The predicted octanol–water partition coefficient (Wildman–Crippen LogP) is 3.08. The summed E-state index contributed by atoms with van der Waals surface area (Å²) in [4.78, 5) is 10.3. The first-order valence-corrected chi connectivity index (χ1v) is 5.67. The van der Waals surface area contributed by atoms with Gasteiger partial charge in [0.05, 0.1) is 10.0 Å². The molecule has 0 aliphatic carbocycles. The molecule has 1 aliphatic rings. The molecule has 2 rings (SSSR count). The van der Waals surface area contributed by atoms with Gasteiger partial charge in [0.15, 0.2) is 5.82 Å². The minimum Gasteiger partial charge on any atom is -0.478 e. The first kappa shape index (κ1) is 13.1. The highest BCUT2D eigenvalue weighted by atomic mass is 79.9. The maximum atomic E-state index is 12.8. The standard InChI is InChI=1S/C7H4BrFO2.C4H8O/c8-5-3-1-2-4(6(5)9)7(10)11;1-2-4-5-3-1/h1-3H,(H,10,11);1-4H2. The first-order chi connectivity index (χ1) is 7.63. The van der Waals surface area contributed by atoms with Crippen molar-refractivity contribution in [3.05, 3.63) is 34.1 Å². The molecule has 0 spiro atoms. The third kappa shape index (κ3) is 3.90. The minimum atomic E-state index is -1.26. The lowest BCUT2D eigenvalue weighted by Crippen LogP contribution is -2.00. The summed E-state index contributed by atoms with van der Waals surface area (Å²) < 4.78 is 17.9. The van der Waals surface area contributed by atoms with Gasteiger partial charge in [-0.2, -0.15) is 0 Å². The van der Waals surface area contributed by atoms with Crippen molar-refractivity contribution in [2.75, 3.05) is 13.2 Å². The lowest BCUT2D eigenvalue weighted by molar-refractivity contribution is 0.0691. The van der Waals surface area contributed by atoms with Crippen LogP contribution < -0.4 is 0 Å². The van der Waals surface area contributed by atoms with Crippen LogP contribution >= 0.6 is 15.9 Å². The maximum absolute atomic E-state index is 12.8. The van der Waals surface area contributed by atoms with Gasteiger partial charge in [0.2, 0.25) is 0 Å². The quantitative estimate of drug-likeness (QED) is 0.865. The van der Waals surface area contributed by atoms with Crippen molar-refractivity contribution in [2.24, 2.45) is 0 Å². The lowest BCUT2D eigenvalue weighted by atomic mass is 10.2. The molecule has 1 N–H and O–H groups in total. The van der Waals surface area contributed by atoms with Gasteiger partial charge in [-0.05, 0) is 40.9 Å². The number of benzene rings is 1. The number of aromatic carboxylic acids is 1. The fourth-order valence-electron chi connectivity index (χ4n) is 1.18. The summed E-state index contributed by atoms with van der Waals surface area (Å²) in [5.41, 5.74) is -0.320. The molecule has 0 saturated carbocycles. The van der Waals surface area contributed by atoms with Gasteiger partial charge in [0.25, 0.3) is 0 Å². The van der Waals surface area contributed by atoms with E-state index in [9.17, 15) is 9.18 Å². The van der Waals surface area contributed by atoms with Gasteiger partial charge < -0.3 is 9.84 Å². The van der Waals surface area contributed by atoms with Gasteiger partial charge in [-0.1, -0.05) is 6.07 Å². The number of rotatable bonds is 1. The molecule has 3 nitrogen and oxygen atoms in total. The Morgan fingerprint density at radius 3 is 2.38 bits per heavy atom. The summed E-state index contributed by atoms with van der Waals surface area (Å²) in [6, 6.07) is 4.13. The van der Waals surface area contributed by atoms with E-state index in [1.54, 1.807) is 0 Å². The van der Waals surface area contributed by atoms with Crippen LogP contribution in [0, 0.1) is 5.82 Å². The van der Waals surface area contributed by atoms with Crippen LogP contribution in [-0.2, 0) is 4.74 Å². The highest BCUT2D eigenvalue weighted by Gasteiger charge is 2.11. The molecule has 0 amide bonds. The largest absolute Gasteiger partial charge is 0.478 e. The Balaban J connectivity index is 0.000000212. The Hall–Kier alpha value is -0.940. The van der Waals surface area contributed by atoms with Crippen LogP contribution in [0.4, 0.5) is 4.39 Å². The fourth-order valence-corrected chi connectivity index (χ4v) is 1.55. The number of hydrogen-bond donors (Lipinski definition) is 1. The summed E-state index contributed by atoms with van der Waals surface area (Å²) in [7, 11) is 0. The molecule has 0 unspecified atom stereocenters. The maximum Gasteiger partial charge on any atom is 0.338 e. The number of hydrogen-bond acceptors (Lipinski definition) is 2. The molecule has 88 valence electrons. The number of carbonyl (C=O) groups is 1. The van der Waals surface area contributed by atoms with E-state index in [2.05, 4.69) is 15.9 Å². The van der Waals surface area contributed by atoms with Crippen molar-refractivity contribution >= 4 is 21.9 Å². The first-order valence-electron chi connectivity index (χ1n) is 4.88. The van der Waals surface area contributed by atoms with Crippen LogP contribution in [-0.4, -0.2) is 24.3 Å². The van der Waals surface area contributed by atoms with Crippen molar-refractivity contribution < 1.29 is 19.0 Å². The van der Waals surface area contributed by atoms with Crippen LogP contribution in [0.3, 0.4) is 0 Å². The molecule has 0 aromatic heterocycles.